The molecular formula is C24H31N5O4. The number of piperidine rings is 1. The molecule has 1 aliphatic heterocycles. The molecule has 176 valence electrons. The Kier molecular flexibility index (Phi) is 7.71. The minimum Gasteiger partial charge on any atom is -0.383 e. The summed E-state index contributed by atoms with van der Waals surface area (Å²) in [4.78, 5) is 27.2. The quantitative estimate of drug-likeness (QED) is 0.508. The molecule has 0 bridgehead atoms. The van der Waals surface area contributed by atoms with E-state index in [1.54, 1.807) is 31.1 Å². The van der Waals surface area contributed by atoms with Crippen molar-refractivity contribution < 1.29 is 18.8 Å². The van der Waals surface area contributed by atoms with Crippen molar-refractivity contribution in [2.24, 2.45) is 5.92 Å². The SMILES string of the molecule is COCC(C)n1c(C)cc(/C=C(\C#N)C(=O)N2CCC(C(=O)Nc3cc(C)on3)CC2)c1C. The molecule has 1 unspecified atom stereocenters. The Morgan fingerprint density at radius 3 is 2.61 bits per heavy atom. The molecule has 0 aromatic carbocycles. The molecule has 0 saturated carbocycles. The Labute approximate surface area is 194 Å². The average Bonchev–Trinajstić information content (AvgIpc) is 3.32. The van der Waals surface area contributed by atoms with E-state index in [0.29, 0.717) is 44.1 Å². The van der Waals surface area contributed by atoms with Gasteiger partial charge in [0.05, 0.1) is 12.6 Å². The van der Waals surface area contributed by atoms with Crippen molar-refractivity contribution in [1.82, 2.24) is 14.6 Å². The summed E-state index contributed by atoms with van der Waals surface area (Å²) in [5.41, 5.74) is 2.96. The molecule has 1 saturated heterocycles. The van der Waals surface area contributed by atoms with E-state index < -0.39 is 0 Å². The van der Waals surface area contributed by atoms with Crippen LogP contribution in [0.15, 0.2) is 22.2 Å². The van der Waals surface area contributed by atoms with E-state index in [-0.39, 0.29) is 29.3 Å². The monoisotopic (exact) mass is 453 g/mol. The van der Waals surface area contributed by atoms with Crippen molar-refractivity contribution in [3.05, 3.63) is 40.4 Å². The number of hydrogen-bond donors (Lipinski definition) is 1. The topological polar surface area (TPSA) is 113 Å². The fourth-order valence-electron chi connectivity index (χ4n) is 4.41. The molecule has 0 spiro atoms. The van der Waals surface area contributed by atoms with Gasteiger partial charge < -0.3 is 24.0 Å². The third-order valence-electron chi connectivity index (χ3n) is 6.06. The lowest BCUT2D eigenvalue weighted by molar-refractivity contribution is -0.130. The van der Waals surface area contributed by atoms with Gasteiger partial charge in [-0.15, -0.1) is 0 Å². The minimum absolute atomic E-state index is 0.0932. The van der Waals surface area contributed by atoms with Crippen molar-refractivity contribution in [3.63, 3.8) is 0 Å². The van der Waals surface area contributed by atoms with E-state index >= 15 is 0 Å². The molecule has 0 aliphatic carbocycles. The van der Waals surface area contributed by atoms with Crippen molar-refractivity contribution in [3.8, 4) is 6.07 Å². The number of nitriles is 1. The molecule has 3 heterocycles. The zero-order valence-electron chi connectivity index (χ0n) is 19.8. The Hall–Kier alpha value is -3.38. The molecular weight excluding hydrogens is 422 g/mol. The largest absolute Gasteiger partial charge is 0.383 e. The van der Waals surface area contributed by atoms with Gasteiger partial charge in [-0.05, 0) is 58.2 Å². The van der Waals surface area contributed by atoms with Crippen LogP contribution in [0, 0.1) is 38.0 Å². The summed E-state index contributed by atoms with van der Waals surface area (Å²) >= 11 is 0. The number of nitrogens with one attached hydrogen (secondary N) is 1. The fraction of sp³-hybridized carbons (Fsp3) is 0.500. The lowest BCUT2D eigenvalue weighted by Crippen LogP contribution is -2.41. The van der Waals surface area contributed by atoms with Gasteiger partial charge in [0, 0.05) is 43.6 Å². The lowest BCUT2D eigenvalue weighted by Gasteiger charge is -2.31. The van der Waals surface area contributed by atoms with Crippen LogP contribution >= 0.6 is 0 Å². The smallest absolute Gasteiger partial charge is 0.264 e. The molecule has 1 N–H and O–H groups in total. The average molecular weight is 454 g/mol. The maximum atomic E-state index is 13.0. The Balaban J connectivity index is 1.66. The molecule has 1 aliphatic rings. The predicted molar refractivity (Wildman–Crippen MR) is 123 cm³/mol. The maximum absolute atomic E-state index is 13.0. The van der Waals surface area contributed by atoms with Gasteiger partial charge in [-0.25, -0.2) is 0 Å². The predicted octanol–water partition coefficient (Wildman–Crippen LogP) is 3.39. The third kappa shape index (κ3) is 5.52. The van der Waals surface area contributed by atoms with Gasteiger partial charge in [0.15, 0.2) is 5.82 Å². The maximum Gasteiger partial charge on any atom is 0.264 e. The number of aryl methyl sites for hydroxylation is 2. The molecule has 1 atom stereocenters. The van der Waals surface area contributed by atoms with Gasteiger partial charge in [-0.1, -0.05) is 5.16 Å². The van der Waals surface area contributed by atoms with Crippen LogP contribution in [0.25, 0.3) is 6.08 Å². The first kappa shape index (κ1) is 24.3. The Bertz CT molecular complexity index is 1080. The second-order valence-corrected chi connectivity index (χ2v) is 8.55. The molecule has 1 fully saturated rings. The van der Waals surface area contributed by atoms with E-state index in [2.05, 4.69) is 28.0 Å². The van der Waals surface area contributed by atoms with E-state index in [4.69, 9.17) is 9.26 Å². The summed E-state index contributed by atoms with van der Waals surface area (Å²) in [7, 11) is 1.67. The van der Waals surface area contributed by atoms with Crippen LogP contribution in [0.5, 0.6) is 0 Å². The van der Waals surface area contributed by atoms with E-state index in [1.807, 2.05) is 19.9 Å². The number of amides is 2. The summed E-state index contributed by atoms with van der Waals surface area (Å²) in [5, 5.41) is 16.2. The summed E-state index contributed by atoms with van der Waals surface area (Å²) in [6.07, 6.45) is 2.71. The molecule has 33 heavy (non-hydrogen) atoms. The summed E-state index contributed by atoms with van der Waals surface area (Å²) in [5.74, 6) is 0.350. The van der Waals surface area contributed by atoms with Crippen molar-refractivity contribution in [1.29, 1.82) is 5.26 Å². The first-order valence-corrected chi connectivity index (χ1v) is 11.1. The Morgan fingerprint density at radius 2 is 2.03 bits per heavy atom. The van der Waals surface area contributed by atoms with Gasteiger partial charge >= 0.3 is 0 Å². The van der Waals surface area contributed by atoms with Crippen LogP contribution in [0.1, 0.15) is 48.5 Å². The van der Waals surface area contributed by atoms with Crippen LogP contribution in [0.3, 0.4) is 0 Å². The van der Waals surface area contributed by atoms with E-state index in [0.717, 1.165) is 17.0 Å². The summed E-state index contributed by atoms with van der Waals surface area (Å²) in [6.45, 7) is 9.20. The zero-order chi connectivity index (χ0) is 24.1. The number of rotatable bonds is 7. The third-order valence-corrected chi connectivity index (χ3v) is 6.06. The van der Waals surface area contributed by atoms with Gasteiger partial charge in [0.2, 0.25) is 5.91 Å². The first-order chi connectivity index (χ1) is 15.7. The van der Waals surface area contributed by atoms with Crippen molar-refractivity contribution in [2.45, 2.75) is 46.6 Å². The standard InChI is InChI=1S/C24H31N5O4/c1-15-10-20(18(4)29(15)16(2)14-32-5)12-21(13-25)24(31)28-8-6-19(7-9-28)23(30)26-22-11-17(3)33-27-22/h10-12,16,19H,6-9,14H2,1-5H3,(H,26,27,30)/b21-12+. The molecule has 2 amide bonds. The van der Waals surface area contributed by atoms with Gasteiger partial charge in [0.1, 0.15) is 17.4 Å². The van der Waals surface area contributed by atoms with Crippen molar-refractivity contribution in [2.75, 3.05) is 32.1 Å². The molecule has 9 heteroatoms. The number of methoxy groups -OCH3 is 1. The van der Waals surface area contributed by atoms with Crippen LogP contribution in [-0.2, 0) is 14.3 Å². The number of likely N-dealkylation sites (tertiary alicyclic amines) is 1. The molecule has 0 radical (unpaired) electrons. The van der Waals surface area contributed by atoms with Gasteiger partial charge in [-0.3, -0.25) is 9.59 Å². The summed E-state index contributed by atoms with van der Waals surface area (Å²) in [6, 6.07) is 5.85. The number of anilines is 1. The molecule has 2 aromatic heterocycles. The number of hydrogen-bond acceptors (Lipinski definition) is 6. The second kappa shape index (κ2) is 10.5. The van der Waals surface area contributed by atoms with Gasteiger partial charge in [0.25, 0.3) is 5.91 Å². The summed E-state index contributed by atoms with van der Waals surface area (Å²) < 4.78 is 12.4. The van der Waals surface area contributed by atoms with Crippen LogP contribution in [-0.4, -0.2) is 53.2 Å². The molecule has 2 aromatic rings. The minimum atomic E-state index is -0.307. The van der Waals surface area contributed by atoms with Crippen LogP contribution < -0.4 is 5.32 Å². The van der Waals surface area contributed by atoms with E-state index in [1.165, 1.54) is 0 Å². The fourth-order valence-corrected chi connectivity index (χ4v) is 4.41. The lowest BCUT2D eigenvalue weighted by atomic mass is 9.95. The van der Waals surface area contributed by atoms with Crippen LogP contribution in [0.4, 0.5) is 5.82 Å². The zero-order valence-corrected chi connectivity index (χ0v) is 19.8. The highest BCUT2D eigenvalue weighted by Gasteiger charge is 2.29. The van der Waals surface area contributed by atoms with E-state index in [9.17, 15) is 14.9 Å². The Morgan fingerprint density at radius 1 is 1.33 bits per heavy atom. The highest BCUT2D eigenvalue weighted by molar-refractivity contribution is 6.02. The molecule has 9 nitrogen and oxygen atoms in total. The second-order valence-electron chi connectivity index (χ2n) is 8.55. The number of carbonyl (C=O) groups excluding carboxylic acids is 2. The normalized spacial score (nSPS) is 15.9. The van der Waals surface area contributed by atoms with Gasteiger partial charge in [-0.2, -0.15) is 5.26 Å². The number of aromatic nitrogens is 2. The first-order valence-electron chi connectivity index (χ1n) is 11.1. The molecule has 3 rings (SSSR count). The van der Waals surface area contributed by atoms with Crippen LogP contribution in [0.2, 0.25) is 0 Å². The highest BCUT2D eigenvalue weighted by Crippen LogP contribution is 2.25. The highest BCUT2D eigenvalue weighted by atomic mass is 16.5. The number of ether oxygens (including phenoxy) is 1. The number of carbonyl (C=O) groups is 2. The van der Waals surface area contributed by atoms with Crippen molar-refractivity contribution >= 4 is 23.7 Å². The number of nitrogens with zero attached hydrogens (tertiary/aromatic N) is 4.